The van der Waals surface area contributed by atoms with E-state index in [1.54, 1.807) is 12.1 Å². The van der Waals surface area contributed by atoms with Crippen LogP contribution in [0.15, 0.2) is 60.8 Å². The minimum absolute atomic E-state index is 0.223. The van der Waals surface area contributed by atoms with Gasteiger partial charge in [-0.3, -0.25) is 0 Å². The van der Waals surface area contributed by atoms with Gasteiger partial charge in [0.2, 0.25) is 0 Å². The lowest BCUT2D eigenvalue weighted by Gasteiger charge is -2.29. The third-order valence-corrected chi connectivity index (χ3v) is 3.56. The highest BCUT2D eigenvalue weighted by Gasteiger charge is 2.31. The van der Waals surface area contributed by atoms with Crippen molar-refractivity contribution in [1.82, 2.24) is 0 Å². The molecule has 2 aromatic carbocycles. The number of hydrogen-bond acceptors (Lipinski definition) is 2. The molecule has 1 aliphatic heterocycles. The van der Waals surface area contributed by atoms with Crippen LogP contribution in [0.25, 0.3) is 0 Å². The molecule has 0 saturated heterocycles. The van der Waals surface area contributed by atoms with Crippen LogP contribution in [0.1, 0.15) is 18.4 Å². The Labute approximate surface area is 126 Å². The molecule has 1 heterocycles. The van der Waals surface area contributed by atoms with Crippen LogP contribution in [-0.2, 0) is 0 Å². The van der Waals surface area contributed by atoms with E-state index in [1.165, 1.54) is 17.7 Å². The van der Waals surface area contributed by atoms with Gasteiger partial charge in [0.1, 0.15) is 5.75 Å². The highest BCUT2D eigenvalue weighted by Crippen LogP contribution is 2.38. The molecule has 2 aromatic rings. The molecular formula is C17H14F3NO. The summed E-state index contributed by atoms with van der Waals surface area (Å²) in [4.78, 5) is 1.95. The van der Waals surface area contributed by atoms with Crippen LogP contribution in [0.5, 0.6) is 5.75 Å². The van der Waals surface area contributed by atoms with Crippen molar-refractivity contribution < 1.29 is 17.9 Å². The number of ether oxygens (including phenoxy) is 1. The zero-order valence-electron chi connectivity index (χ0n) is 11.8. The molecular weight excluding hydrogens is 291 g/mol. The number of allylic oxidation sites excluding steroid dienone is 1. The molecule has 5 heteroatoms. The molecule has 0 bridgehead atoms. The van der Waals surface area contributed by atoms with Crippen LogP contribution in [-0.4, -0.2) is 6.36 Å². The second-order valence-electron chi connectivity index (χ2n) is 5.10. The fraction of sp³-hybridized carbons (Fsp3) is 0.176. The van der Waals surface area contributed by atoms with Gasteiger partial charge in [-0.05, 0) is 35.9 Å². The fourth-order valence-corrected chi connectivity index (χ4v) is 2.52. The predicted octanol–water partition coefficient (Wildman–Crippen LogP) is 5.35. The van der Waals surface area contributed by atoms with E-state index in [9.17, 15) is 13.2 Å². The summed E-state index contributed by atoms with van der Waals surface area (Å²) in [7, 11) is 0. The molecule has 0 spiro atoms. The Morgan fingerprint density at radius 2 is 1.68 bits per heavy atom. The molecule has 0 N–H and O–H groups in total. The Bertz CT molecular complexity index is 692. The molecule has 0 saturated carbocycles. The van der Waals surface area contributed by atoms with Gasteiger partial charge in [-0.1, -0.05) is 31.2 Å². The average Bonchev–Trinajstić information content (AvgIpc) is 2.48. The second kappa shape index (κ2) is 5.40. The maximum absolute atomic E-state index is 12.2. The topological polar surface area (TPSA) is 12.5 Å². The number of fused-ring (bicyclic) bond motifs is 1. The van der Waals surface area contributed by atoms with Crippen molar-refractivity contribution in [2.75, 3.05) is 4.90 Å². The van der Waals surface area contributed by atoms with E-state index in [0.717, 1.165) is 11.4 Å². The molecule has 0 fully saturated rings. The zero-order valence-corrected chi connectivity index (χ0v) is 11.8. The monoisotopic (exact) mass is 305 g/mol. The first-order chi connectivity index (χ1) is 10.4. The molecule has 114 valence electrons. The van der Waals surface area contributed by atoms with Crippen molar-refractivity contribution in [2.45, 2.75) is 19.2 Å². The quantitative estimate of drug-likeness (QED) is 0.741. The lowest BCUT2D eigenvalue weighted by molar-refractivity contribution is -0.274. The highest BCUT2D eigenvalue weighted by atomic mass is 19.4. The van der Waals surface area contributed by atoms with E-state index >= 15 is 0 Å². The van der Waals surface area contributed by atoms with Crippen molar-refractivity contribution in [3.05, 3.63) is 66.4 Å². The molecule has 0 aromatic heterocycles. The van der Waals surface area contributed by atoms with E-state index in [0.29, 0.717) is 5.92 Å². The Morgan fingerprint density at radius 1 is 1.00 bits per heavy atom. The van der Waals surface area contributed by atoms with Crippen molar-refractivity contribution >= 4 is 11.4 Å². The van der Waals surface area contributed by atoms with Gasteiger partial charge in [-0.15, -0.1) is 13.2 Å². The molecule has 0 radical (unpaired) electrons. The lowest BCUT2D eigenvalue weighted by atomic mass is 9.95. The number of para-hydroxylation sites is 1. The van der Waals surface area contributed by atoms with Gasteiger partial charge < -0.3 is 9.64 Å². The number of halogens is 3. The number of alkyl halides is 3. The summed E-state index contributed by atoms with van der Waals surface area (Å²) in [6.45, 7) is 2.10. The van der Waals surface area contributed by atoms with Crippen LogP contribution >= 0.6 is 0 Å². The van der Waals surface area contributed by atoms with Crippen molar-refractivity contribution in [2.24, 2.45) is 0 Å². The van der Waals surface area contributed by atoms with Gasteiger partial charge in [-0.2, -0.15) is 0 Å². The molecule has 2 nitrogen and oxygen atoms in total. The zero-order chi connectivity index (χ0) is 15.7. The van der Waals surface area contributed by atoms with E-state index in [2.05, 4.69) is 23.8 Å². The highest BCUT2D eigenvalue weighted by molar-refractivity contribution is 5.72. The third-order valence-electron chi connectivity index (χ3n) is 3.56. The number of hydrogen-bond donors (Lipinski definition) is 0. The Morgan fingerprint density at radius 3 is 2.36 bits per heavy atom. The number of benzene rings is 2. The Hall–Kier alpha value is -2.43. The summed E-state index contributed by atoms with van der Waals surface area (Å²) in [5.41, 5.74) is 2.99. The summed E-state index contributed by atoms with van der Waals surface area (Å²) in [6.07, 6.45) is -0.677. The van der Waals surface area contributed by atoms with Gasteiger partial charge in [0.05, 0.1) is 0 Å². The minimum atomic E-state index is -4.67. The smallest absolute Gasteiger partial charge is 0.406 e. The molecule has 22 heavy (non-hydrogen) atoms. The predicted molar refractivity (Wildman–Crippen MR) is 79.3 cm³/mol. The lowest BCUT2D eigenvalue weighted by Crippen LogP contribution is -2.18. The fourth-order valence-electron chi connectivity index (χ4n) is 2.52. The van der Waals surface area contributed by atoms with Crippen LogP contribution in [0.3, 0.4) is 0 Å². The van der Waals surface area contributed by atoms with E-state index in [1.807, 2.05) is 29.3 Å². The Balaban J connectivity index is 1.90. The first-order valence-corrected chi connectivity index (χ1v) is 6.86. The summed E-state index contributed by atoms with van der Waals surface area (Å²) in [5, 5.41) is 0. The van der Waals surface area contributed by atoms with Crippen molar-refractivity contribution in [3.8, 4) is 5.75 Å². The molecule has 0 aliphatic carbocycles. The Kier molecular flexibility index (Phi) is 3.56. The van der Waals surface area contributed by atoms with Gasteiger partial charge >= 0.3 is 6.36 Å². The second-order valence-corrected chi connectivity index (χ2v) is 5.10. The molecule has 1 unspecified atom stereocenters. The largest absolute Gasteiger partial charge is 0.573 e. The molecule has 0 amide bonds. The van der Waals surface area contributed by atoms with E-state index in [4.69, 9.17) is 0 Å². The van der Waals surface area contributed by atoms with Gasteiger partial charge in [0, 0.05) is 23.5 Å². The van der Waals surface area contributed by atoms with Crippen LogP contribution in [0.2, 0.25) is 0 Å². The molecule has 3 rings (SSSR count). The maximum atomic E-state index is 12.2. The average molecular weight is 305 g/mol. The number of nitrogens with zero attached hydrogens (tertiary/aromatic N) is 1. The van der Waals surface area contributed by atoms with Crippen LogP contribution in [0.4, 0.5) is 24.5 Å². The minimum Gasteiger partial charge on any atom is -0.406 e. The first kappa shape index (κ1) is 14.5. The van der Waals surface area contributed by atoms with Gasteiger partial charge in [0.25, 0.3) is 0 Å². The summed E-state index contributed by atoms with van der Waals surface area (Å²) >= 11 is 0. The molecule has 1 aliphatic rings. The third kappa shape index (κ3) is 2.93. The SMILES string of the molecule is CC1C=CN(c2ccc(OC(F)(F)F)cc2)c2ccccc21. The molecule has 1 atom stereocenters. The van der Waals surface area contributed by atoms with E-state index in [-0.39, 0.29) is 5.75 Å². The van der Waals surface area contributed by atoms with Gasteiger partial charge in [0.15, 0.2) is 0 Å². The number of rotatable bonds is 2. The van der Waals surface area contributed by atoms with Crippen molar-refractivity contribution in [1.29, 1.82) is 0 Å². The van der Waals surface area contributed by atoms with Gasteiger partial charge in [-0.25, -0.2) is 0 Å². The maximum Gasteiger partial charge on any atom is 0.573 e. The standard InChI is InChI=1S/C17H14F3NO/c1-12-10-11-21(16-5-3-2-4-15(12)16)13-6-8-14(9-7-13)22-17(18,19)20/h2-12H,1H3. The van der Waals surface area contributed by atoms with E-state index < -0.39 is 6.36 Å². The first-order valence-electron chi connectivity index (χ1n) is 6.86. The van der Waals surface area contributed by atoms with Crippen LogP contribution < -0.4 is 9.64 Å². The summed E-state index contributed by atoms with van der Waals surface area (Å²) < 4.78 is 40.5. The number of anilines is 2. The summed E-state index contributed by atoms with van der Waals surface area (Å²) in [5.74, 6) is 0.0826. The van der Waals surface area contributed by atoms with Crippen molar-refractivity contribution in [3.63, 3.8) is 0 Å². The summed E-state index contributed by atoms with van der Waals surface area (Å²) in [6, 6.07) is 13.8. The van der Waals surface area contributed by atoms with Crippen LogP contribution in [0, 0.1) is 0 Å². The normalized spacial score (nSPS) is 17.3.